The number of hydrogen-bond acceptors (Lipinski definition) is 3. The summed E-state index contributed by atoms with van der Waals surface area (Å²) < 4.78 is 0. The molecule has 2 rings (SSSR count). The highest BCUT2D eigenvalue weighted by atomic mass is 15.0. The van der Waals surface area contributed by atoms with Crippen LogP contribution in [-0.2, 0) is 0 Å². The predicted octanol–water partition coefficient (Wildman–Crippen LogP) is 2.00. The van der Waals surface area contributed by atoms with Crippen molar-refractivity contribution in [3.05, 3.63) is 29.3 Å². The Morgan fingerprint density at radius 3 is 2.57 bits per heavy atom. The van der Waals surface area contributed by atoms with Crippen molar-refractivity contribution < 1.29 is 0 Å². The maximum absolute atomic E-state index is 8.92. The van der Waals surface area contributed by atoms with Gasteiger partial charge in [0.1, 0.15) is 12.1 Å². The average Bonchev–Trinajstić information content (AvgIpc) is 3.01. The van der Waals surface area contributed by atoms with Gasteiger partial charge in [0.05, 0.1) is 16.8 Å². The summed E-state index contributed by atoms with van der Waals surface area (Å²) in [5, 5.41) is 21.0. The number of nitrogens with zero attached hydrogens (tertiary/aromatic N) is 2. The topological polar surface area (TPSA) is 59.6 Å². The van der Waals surface area contributed by atoms with E-state index in [-0.39, 0.29) is 0 Å². The highest BCUT2D eigenvalue weighted by molar-refractivity contribution is 5.64. The number of nitrogens with one attached hydrogen (secondary N) is 1. The minimum atomic E-state index is 0.443. The van der Waals surface area contributed by atoms with Crippen LogP contribution in [0.5, 0.6) is 0 Å². The lowest BCUT2D eigenvalue weighted by Gasteiger charge is -2.06. The van der Waals surface area contributed by atoms with Gasteiger partial charge >= 0.3 is 0 Å². The molecular weight excluding hydrogens is 174 g/mol. The van der Waals surface area contributed by atoms with E-state index in [0.29, 0.717) is 17.2 Å². The highest BCUT2D eigenvalue weighted by Gasteiger charge is 2.22. The molecule has 1 aromatic carbocycles. The van der Waals surface area contributed by atoms with E-state index in [4.69, 9.17) is 10.5 Å². The van der Waals surface area contributed by atoms with Crippen molar-refractivity contribution in [1.29, 1.82) is 10.5 Å². The predicted molar refractivity (Wildman–Crippen MR) is 52.5 cm³/mol. The minimum Gasteiger partial charge on any atom is -0.381 e. The zero-order valence-electron chi connectivity index (χ0n) is 7.62. The van der Waals surface area contributed by atoms with E-state index in [1.165, 1.54) is 0 Å². The molecule has 0 atom stereocenters. The molecule has 1 aliphatic rings. The van der Waals surface area contributed by atoms with E-state index in [0.717, 1.165) is 18.5 Å². The Kier molecular flexibility index (Phi) is 2.08. The summed E-state index contributed by atoms with van der Waals surface area (Å²) in [6.45, 7) is 0. The molecule has 1 fully saturated rings. The first kappa shape index (κ1) is 8.59. The van der Waals surface area contributed by atoms with Gasteiger partial charge in [-0.05, 0) is 25.0 Å². The Labute approximate surface area is 82.6 Å². The minimum absolute atomic E-state index is 0.443. The molecular formula is C11H9N3. The fourth-order valence-corrected chi connectivity index (χ4v) is 1.33. The van der Waals surface area contributed by atoms with Gasteiger partial charge in [-0.2, -0.15) is 10.5 Å². The molecule has 0 spiro atoms. The lowest BCUT2D eigenvalue weighted by atomic mass is 10.1. The smallest absolute Gasteiger partial charge is 0.103 e. The Morgan fingerprint density at radius 2 is 2.00 bits per heavy atom. The third-order valence-electron chi connectivity index (χ3n) is 2.23. The molecule has 0 heterocycles. The van der Waals surface area contributed by atoms with Gasteiger partial charge in [0.15, 0.2) is 0 Å². The molecule has 3 nitrogen and oxygen atoms in total. The Morgan fingerprint density at radius 1 is 1.21 bits per heavy atom. The van der Waals surface area contributed by atoms with Crippen molar-refractivity contribution in [3.63, 3.8) is 0 Å². The second kappa shape index (κ2) is 3.40. The van der Waals surface area contributed by atoms with E-state index in [2.05, 4.69) is 11.4 Å². The number of hydrogen-bond donors (Lipinski definition) is 1. The van der Waals surface area contributed by atoms with Gasteiger partial charge in [0.25, 0.3) is 0 Å². The molecule has 1 aromatic rings. The Hall–Kier alpha value is -2.00. The molecule has 1 saturated carbocycles. The summed E-state index contributed by atoms with van der Waals surface area (Å²) in [4.78, 5) is 0. The van der Waals surface area contributed by atoms with Gasteiger partial charge in [-0.15, -0.1) is 0 Å². The van der Waals surface area contributed by atoms with Crippen LogP contribution in [0.2, 0.25) is 0 Å². The standard InChI is InChI=1S/C11H9N3/c12-6-8-2-1-3-11(10(8)7-13)14-9-4-5-9/h1-3,9,14H,4-5H2. The molecule has 0 radical (unpaired) electrons. The van der Waals surface area contributed by atoms with Crippen LogP contribution >= 0.6 is 0 Å². The highest BCUT2D eigenvalue weighted by Crippen LogP contribution is 2.27. The fourth-order valence-electron chi connectivity index (χ4n) is 1.33. The van der Waals surface area contributed by atoms with Crippen LogP contribution in [0.3, 0.4) is 0 Å². The maximum atomic E-state index is 8.92. The maximum Gasteiger partial charge on any atom is 0.103 e. The molecule has 0 amide bonds. The second-order valence-electron chi connectivity index (χ2n) is 3.37. The number of rotatable bonds is 2. The number of benzene rings is 1. The molecule has 0 bridgehead atoms. The first-order valence-electron chi connectivity index (χ1n) is 4.55. The molecule has 0 unspecified atom stereocenters. The van der Waals surface area contributed by atoms with Crippen molar-refractivity contribution in [3.8, 4) is 12.1 Å². The zero-order chi connectivity index (χ0) is 9.97. The van der Waals surface area contributed by atoms with Gasteiger partial charge in [-0.3, -0.25) is 0 Å². The van der Waals surface area contributed by atoms with Crippen molar-refractivity contribution in [2.45, 2.75) is 18.9 Å². The first-order chi connectivity index (χ1) is 6.85. The first-order valence-corrected chi connectivity index (χ1v) is 4.55. The summed E-state index contributed by atoms with van der Waals surface area (Å²) in [7, 11) is 0. The summed E-state index contributed by atoms with van der Waals surface area (Å²) in [6.07, 6.45) is 2.31. The van der Waals surface area contributed by atoms with Crippen LogP contribution in [0.4, 0.5) is 5.69 Å². The molecule has 1 N–H and O–H groups in total. The van der Waals surface area contributed by atoms with Crippen LogP contribution in [0, 0.1) is 22.7 Å². The second-order valence-corrected chi connectivity index (χ2v) is 3.37. The summed E-state index contributed by atoms with van der Waals surface area (Å²) in [6, 6.07) is 9.88. The lowest BCUT2D eigenvalue weighted by Crippen LogP contribution is -2.03. The fraction of sp³-hybridized carbons (Fsp3) is 0.273. The van der Waals surface area contributed by atoms with Crippen LogP contribution < -0.4 is 5.32 Å². The average molecular weight is 183 g/mol. The molecule has 0 saturated heterocycles. The molecule has 0 aromatic heterocycles. The van der Waals surface area contributed by atoms with E-state index in [1.807, 2.05) is 12.1 Å². The van der Waals surface area contributed by atoms with Crippen LogP contribution in [0.1, 0.15) is 24.0 Å². The third-order valence-corrected chi connectivity index (χ3v) is 2.23. The normalized spacial score (nSPS) is 14.1. The van der Waals surface area contributed by atoms with Crippen LogP contribution in [-0.4, -0.2) is 6.04 Å². The molecule has 68 valence electrons. The molecule has 14 heavy (non-hydrogen) atoms. The number of nitriles is 2. The third kappa shape index (κ3) is 1.53. The number of anilines is 1. The van der Waals surface area contributed by atoms with E-state index in [1.54, 1.807) is 12.1 Å². The van der Waals surface area contributed by atoms with Gasteiger partial charge in [0, 0.05) is 6.04 Å². The van der Waals surface area contributed by atoms with Crippen molar-refractivity contribution in [1.82, 2.24) is 0 Å². The van der Waals surface area contributed by atoms with E-state index < -0.39 is 0 Å². The molecule has 3 heteroatoms. The van der Waals surface area contributed by atoms with E-state index >= 15 is 0 Å². The van der Waals surface area contributed by atoms with Gasteiger partial charge in [-0.25, -0.2) is 0 Å². The summed E-state index contributed by atoms with van der Waals surface area (Å²) in [5.74, 6) is 0. The van der Waals surface area contributed by atoms with E-state index in [9.17, 15) is 0 Å². The Bertz CT molecular complexity index is 433. The van der Waals surface area contributed by atoms with Crippen molar-refractivity contribution in [2.75, 3.05) is 5.32 Å². The summed E-state index contributed by atoms with van der Waals surface area (Å²) in [5.41, 5.74) is 1.69. The SMILES string of the molecule is N#Cc1cccc(NC2CC2)c1C#N. The van der Waals surface area contributed by atoms with Crippen molar-refractivity contribution >= 4 is 5.69 Å². The van der Waals surface area contributed by atoms with Gasteiger partial charge < -0.3 is 5.32 Å². The molecule has 1 aliphatic carbocycles. The molecule has 0 aliphatic heterocycles. The quantitative estimate of drug-likeness (QED) is 0.762. The zero-order valence-corrected chi connectivity index (χ0v) is 7.62. The Balaban J connectivity index is 2.38. The largest absolute Gasteiger partial charge is 0.381 e. The monoisotopic (exact) mass is 183 g/mol. The van der Waals surface area contributed by atoms with Gasteiger partial charge in [0.2, 0.25) is 0 Å². The summed E-state index contributed by atoms with van der Waals surface area (Å²) >= 11 is 0. The van der Waals surface area contributed by atoms with Gasteiger partial charge in [-0.1, -0.05) is 6.07 Å². The van der Waals surface area contributed by atoms with Crippen LogP contribution in [0.15, 0.2) is 18.2 Å². The van der Waals surface area contributed by atoms with Crippen molar-refractivity contribution in [2.24, 2.45) is 0 Å². The van der Waals surface area contributed by atoms with Crippen LogP contribution in [0.25, 0.3) is 0 Å². The lowest BCUT2D eigenvalue weighted by molar-refractivity contribution is 1.15.